The van der Waals surface area contributed by atoms with Gasteiger partial charge in [0.1, 0.15) is 11.1 Å². The summed E-state index contributed by atoms with van der Waals surface area (Å²) in [7, 11) is 0. The Bertz CT molecular complexity index is 920. The molecule has 1 N–H and O–H groups in total. The van der Waals surface area contributed by atoms with Gasteiger partial charge in [-0.25, -0.2) is 4.98 Å². The van der Waals surface area contributed by atoms with Crippen LogP contribution in [0.4, 0.5) is 18.9 Å². The molecule has 146 valence electrons. The summed E-state index contributed by atoms with van der Waals surface area (Å²) in [6.07, 6.45) is -1.61. The third-order valence-corrected chi connectivity index (χ3v) is 5.55. The molecular formula is C20H18F3N3OS. The highest BCUT2D eigenvalue weighted by molar-refractivity contribution is 8.00. The Morgan fingerprint density at radius 2 is 2.07 bits per heavy atom. The van der Waals surface area contributed by atoms with E-state index >= 15 is 0 Å². The quantitative estimate of drug-likeness (QED) is 0.740. The first kappa shape index (κ1) is 20.2. The van der Waals surface area contributed by atoms with Crippen molar-refractivity contribution in [2.75, 3.05) is 11.1 Å². The molecule has 1 aliphatic carbocycles. The Morgan fingerprint density at radius 1 is 1.36 bits per heavy atom. The number of hydrogen-bond acceptors (Lipinski definition) is 4. The minimum Gasteiger partial charge on any atom is -0.325 e. The third kappa shape index (κ3) is 4.84. The Morgan fingerprint density at radius 3 is 2.71 bits per heavy atom. The predicted octanol–water partition coefficient (Wildman–Crippen LogP) is 4.83. The highest BCUT2D eigenvalue weighted by Gasteiger charge is 2.30. The van der Waals surface area contributed by atoms with E-state index in [-0.39, 0.29) is 17.3 Å². The molecule has 1 atom stereocenters. The van der Waals surface area contributed by atoms with Gasteiger partial charge in [0.25, 0.3) is 0 Å². The predicted molar refractivity (Wildman–Crippen MR) is 101 cm³/mol. The number of halogens is 3. The lowest BCUT2D eigenvalue weighted by Crippen LogP contribution is -2.16. The Labute approximate surface area is 165 Å². The van der Waals surface area contributed by atoms with Gasteiger partial charge in [-0.1, -0.05) is 18.7 Å². The van der Waals surface area contributed by atoms with Crippen LogP contribution < -0.4 is 5.32 Å². The number of pyridine rings is 1. The summed E-state index contributed by atoms with van der Waals surface area (Å²) >= 11 is 1.15. The van der Waals surface area contributed by atoms with Crippen LogP contribution in [0.5, 0.6) is 0 Å². The van der Waals surface area contributed by atoms with Gasteiger partial charge in [0.15, 0.2) is 0 Å². The molecule has 0 radical (unpaired) electrons. The van der Waals surface area contributed by atoms with Crippen molar-refractivity contribution >= 4 is 23.4 Å². The SMILES string of the molecule is CC1CCc2nc(SCC(=O)Nc3ccc(C(F)(F)F)cc3)c(C#N)cc2C1. The fraction of sp³-hybridized carbons (Fsp3) is 0.350. The molecule has 1 heterocycles. The molecule has 0 aliphatic heterocycles. The van der Waals surface area contributed by atoms with Crippen LogP contribution in [0.3, 0.4) is 0 Å². The number of nitrogens with one attached hydrogen (secondary N) is 1. The molecule has 1 amide bonds. The average molecular weight is 405 g/mol. The fourth-order valence-electron chi connectivity index (χ4n) is 3.09. The number of aryl methyl sites for hydroxylation is 1. The normalized spacial score (nSPS) is 16.2. The maximum absolute atomic E-state index is 12.6. The number of aromatic nitrogens is 1. The van der Waals surface area contributed by atoms with Crippen molar-refractivity contribution in [3.05, 3.63) is 52.7 Å². The number of nitrogens with zero attached hydrogens (tertiary/aromatic N) is 2. The number of carbonyl (C=O) groups excluding carboxylic acids is 1. The summed E-state index contributed by atoms with van der Waals surface area (Å²) in [6, 6.07) is 8.25. The van der Waals surface area contributed by atoms with Gasteiger partial charge in [-0.05, 0) is 61.1 Å². The molecule has 0 fully saturated rings. The Hall–Kier alpha value is -2.53. The van der Waals surface area contributed by atoms with Crippen LogP contribution in [0.2, 0.25) is 0 Å². The van der Waals surface area contributed by atoms with E-state index in [1.165, 1.54) is 12.1 Å². The zero-order chi connectivity index (χ0) is 20.3. The summed E-state index contributed by atoms with van der Waals surface area (Å²) in [6.45, 7) is 2.17. The lowest BCUT2D eigenvalue weighted by Gasteiger charge is -2.21. The lowest BCUT2D eigenvalue weighted by atomic mass is 9.87. The van der Waals surface area contributed by atoms with Crippen molar-refractivity contribution in [2.45, 2.75) is 37.4 Å². The second kappa shape index (κ2) is 8.23. The zero-order valence-electron chi connectivity index (χ0n) is 15.1. The van der Waals surface area contributed by atoms with Crippen LogP contribution in [0, 0.1) is 17.2 Å². The van der Waals surface area contributed by atoms with Crippen LogP contribution in [-0.2, 0) is 23.8 Å². The highest BCUT2D eigenvalue weighted by Crippen LogP contribution is 2.31. The second-order valence-electron chi connectivity index (χ2n) is 6.82. The van der Waals surface area contributed by atoms with E-state index in [0.29, 0.717) is 16.5 Å². The number of alkyl halides is 3. The van der Waals surface area contributed by atoms with Gasteiger partial charge in [0.05, 0.1) is 16.9 Å². The van der Waals surface area contributed by atoms with Crippen LogP contribution in [0.25, 0.3) is 0 Å². The Kier molecular flexibility index (Phi) is 5.94. The maximum Gasteiger partial charge on any atom is 0.416 e. The van der Waals surface area contributed by atoms with E-state index in [1.54, 1.807) is 0 Å². The first-order valence-corrected chi connectivity index (χ1v) is 9.77. The number of hydrogen-bond donors (Lipinski definition) is 1. The van der Waals surface area contributed by atoms with E-state index < -0.39 is 11.7 Å². The summed E-state index contributed by atoms with van der Waals surface area (Å²) in [4.78, 5) is 16.7. The zero-order valence-corrected chi connectivity index (χ0v) is 16.0. The topological polar surface area (TPSA) is 65.8 Å². The summed E-state index contributed by atoms with van der Waals surface area (Å²) in [5, 5.41) is 12.5. The van der Waals surface area contributed by atoms with Crippen LogP contribution in [0.1, 0.15) is 35.7 Å². The molecule has 4 nitrogen and oxygen atoms in total. The second-order valence-corrected chi connectivity index (χ2v) is 7.78. The molecule has 0 spiro atoms. The smallest absolute Gasteiger partial charge is 0.325 e. The summed E-state index contributed by atoms with van der Waals surface area (Å²) < 4.78 is 37.7. The third-order valence-electron chi connectivity index (χ3n) is 4.55. The molecule has 28 heavy (non-hydrogen) atoms. The van der Waals surface area contributed by atoms with Crippen LogP contribution >= 0.6 is 11.8 Å². The number of amides is 1. The molecular weight excluding hydrogens is 387 g/mol. The van der Waals surface area contributed by atoms with Gasteiger partial charge in [-0.2, -0.15) is 18.4 Å². The van der Waals surface area contributed by atoms with Crippen molar-refractivity contribution in [1.29, 1.82) is 5.26 Å². The highest BCUT2D eigenvalue weighted by atomic mass is 32.2. The molecule has 0 saturated heterocycles. The van der Waals surface area contributed by atoms with E-state index in [0.717, 1.165) is 54.4 Å². The minimum atomic E-state index is -4.41. The first-order chi connectivity index (χ1) is 13.3. The number of rotatable bonds is 4. The van der Waals surface area contributed by atoms with Gasteiger partial charge in [-0.3, -0.25) is 4.79 Å². The molecule has 1 aromatic heterocycles. The molecule has 3 rings (SSSR count). The number of benzene rings is 1. The standard InChI is InChI=1S/C20H18F3N3OS/c1-12-2-7-17-13(8-12)9-14(10-24)19(26-17)28-11-18(27)25-16-5-3-15(4-6-16)20(21,22)23/h3-6,9,12H,2,7-8,11H2,1H3,(H,25,27). The van der Waals surface area contributed by atoms with E-state index in [2.05, 4.69) is 23.3 Å². The number of anilines is 1. The van der Waals surface area contributed by atoms with Crippen molar-refractivity contribution in [2.24, 2.45) is 5.92 Å². The fourth-order valence-corrected chi connectivity index (χ4v) is 3.87. The van der Waals surface area contributed by atoms with Gasteiger partial charge in [-0.15, -0.1) is 0 Å². The number of thioether (sulfide) groups is 1. The summed E-state index contributed by atoms with van der Waals surface area (Å²) in [5.41, 5.74) is 2.02. The monoisotopic (exact) mass is 405 g/mol. The van der Waals surface area contributed by atoms with E-state index in [9.17, 15) is 23.2 Å². The minimum absolute atomic E-state index is 0.0118. The van der Waals surface area contributed by atoms with Gasteiger partial charge in [0, 0.05) is 11.4 Å². The number of nitriles is 1. The van der Waals surface area contributed by atoms with Crippen molar-refractivity contribution in [3.63, 3.8) is 0 Å². The first-order valence-electron chi connectivity index (χ1n) is 8.79. The van der Waals surface area contributed by atoms with Crippen molar-refractivity contribution in [1.82, 2.24) is 4.98 Å². The van der Waals surface area contributed by atoms with Gasteiger partial charge in [0.2, 0.25) is 5.91 Å². The molecule has 1 aromatic carbocycles. The maximum atomic E-state index is 12.6. The largest absolute Gasteiger partial charge is 0.416 e. The number of fused-ring (bicyclic) bond motifs is 1. The molecule has 8 heteroatoms. The van der Waals surface area contributed by atoms with Crippen LogP contribution in [0.15, 0.2) is 35.4 Å². The van der Waals surface area contributed by atoms with Gasteiger partial charge >= 0.3 is 6.18 Å². The van der Waals surface area contributed by atoms with Crippen LogP contribution in [-0.4, -0.2) is 16.6 Å². The van der Waals surface area contributed by atoms with Crippen molar-refractivity contribution < 1.29 is 18.0 Å². The Balaban J connectivity index is 1.64. The molecule has 0 bridgehead atoms. The molecule has 1 aliphatic rings. The number of carbonyl (C=O) groups is 1. The van der Waals surface area contributed by atoms with Crippen molar-refractivity contribution in [3.8, 4) is 6.07 Å². The molecule has 0 saturated carbocycles. The lowest BCUT2D eigenvalue weighted by molar-refractivity contribution is -0.137. The average Bonchev–Trinajstić information content (AvgIpc) is 2.65. The molecule has 1 unspecified atom stereocenters. The van der Waals surface area contributed by atoms with E-state index in [1.807, 2.05) is 6.07 Å². The van der Waals surface area contributed by atoms with Gasteiger partial charge < -0.3 is 5.32 Å². The summed E-state index contributed by atoms with van der Waals surface area (Å²) in [5.74, 6) is 0.202. The van der Waals surface area contributed by atoms with E-state index in [4.69, 9.17) is 0 Å². The molecule has 2 aromatic rings.